The third-order valence-corrected chi connectivity index (χ3v) is 3.90. The van der Waals surface area contributed by atoms with Crippen LogP contribution < -0.4 is 11.1 Å². The molecule has 1 amide bonds. The van der Waals surface area contributed by atoms with Gasteiger partial charge in [-0.25, -0.2) is 0 Å². The minimum atomic E-state index is -0.419. The van der Waals surface area contributed by atoms with Crippen molar-refractivity contribution in [3.63, 3.8) is 0 Å². The smallest absolute Gasteiger partial charge is 0.248 e. The van der Waals surface area contributed by atoms with Crippen LogP contribution in [0.1, 0.15) is 27.0 Å². The minimum absolute atomic E-state index is 0. The molecule has 0 aromatic heterocycles. The van der Waals surface area contributed by atoms with E-state index in [4.69, 9.17) is 5.73 Å². The van der Waals surface area contributed by atoms with Crippen LogP contribution in [0, 0.1) is 6.92 Å². The number of benzene rings is 2. The van der Waals surface area contributed by atoms with Gasteiger partial charge in [-0.05, 0) is 35.7 Å². The fourth-order valence-electron chi connectivity index (χ4n) is 2.52. The molecule has 0 unspecified atom stereocenters. The van der Waals surface area contributed by atoms with Gasteiger partial charge in [-0.1, -0.05) is 36.4 Å². The number of primary amides is 1. The quantitative estimate of drug-likeness (QED) is 0.417. The Bertz CT molecular complexity index is 746. The first-order chi connectivity index (χ1) is 11.5. The molecule has 0 heterocycles. The second-order valence-electron chi connectivity index (χ2n) is 5.75. The van der Waals surface area contributed by atoms with E-state index in [1.807, 2.05) is 31.3 Å². The molecule has 0 bridgehead atoms. The number of halogens is 1. The lowest BCUT2D eigenvalue weighted by atomic mass is 10.1. The number of nitrogens with one attached hydrogen (secondary N) is 1. The van der Waals surface area contributed by atoms with Crippen LogP contribution in [0.2, 0.25) is 0 Å². The van der Waals surface area contributed by atoms with E-state index < -0.39 is 5.91 Å². The van der Waals surface area contributed by atoms with Gasteiger partial charge < -0.3 is 16.0 Å². The van der Waals surface area contributed by atoms with Gasteiger partial charge in [-0.3, -0.25) is 9.79 Å². The van der Waals surface area contributed by atoms with E-state index in [0.29, 0.717) is 12.1 Å². The second kappa shape index (κ2) is 10.0. The maximum atomic E-state index is 11.3. The first-order valence-electron chi connectivity index (χ1n) is 7.86. The summed E-state index contributed by atoms with van der Waals surface area (Å²) in [5.41, 5.74) is 9.34. The normalized spacial score (nSPS) is 10.8. The summed E-state index contributed by atoms with van der Waals surface area (Å²) < 4.78 is 0. The molecule has 134 valence electrons. The first kappa shape index (κ1) is 21.0. The highest BCUT2D eigenvalue weighted by Gasteiger charge is 2.08. The van der Waals surface area contributed by atoms with Gasteiger partial charge in [0.25, 0.3) is 0 Å². The predicted molar refractivity (Wildman–Crippen MR) is 113 cm³/mol. The summed E-state index contributed by atoms with van der Waals surface area (Å²) in [6.45, 7) is 3.45. The Morgan fingerprint density at radius 2 is 1.92 bits per heavy atom. The molecule has 0 aliphatic heterocycles. The zero-order chi connectivity index (χ0) is 17.5. The van der Waals surface area contributed by atoms with Gasteiger partial charge in [0.1, 0.15) is 0 Å². The van der Waals surface area contributed by atoms with E-state index in [0.717, 1.165) is 18.1 Å². The Morgan fingerprint density at radius 3 is 2.56 bits per heavy atom. The number of nitrogens with zero attached hydrogens (tertiary/aromatic N) is 2. The lowest BCUT2D eigenvalue weighted by molar-refractivity contribution is 0.1000. The molecule has 0 aliphatic rings. The summed E-state index contributed by atoms with van der Waals surface area (Å²) in [6, 6.07) is 15.6. The third-order valence-electron chi connectivity index (χ3n) is 3.90. The van der Waals surface area contributed by atoms with E-state index in [2.05, 4.69) is 34.3 Å². The maximum absolute atomic E-state index is 11.3. The Morgan fingerprint density at radius 1 is 1.20 bits per heavy atom. The molecule has 2 rings (SSSR count). The van der Waals surface area contributed by atoms with Crippen molar-refractivity contribution in [3.05, 3.63) is 70.8 Å². The molecule has 3 N–H and O–H groups in total. The lowest BCUT2D eigenvalue weighted by Crippen LogP contribution is -2.38. The van der Waals surface area contributed by atoms with Crippen molar-refractivity contribution >= 4 is 35.8 Å². The maximum Gasteiger partial charge on any atom is 0.248 e. The Balaban J connectivity index is 0.00000312. The van der Waals surface area contributed by atoms with Gasteiger partial charge in [0.15, 0.2) is 5.96 Å². The first-order valence-corrected chi connectivity index (χ1v) is 7.86. The number of hydrogen-bond acceptors (Lipinski definition) is 2. The molecule has 2 aromatic rings. The molecule has 0 aliphatic carbocycles. The molecule has 25 heavy (non-hydrogen) atoms. The third kappa shape index (κ3) is 6.04. The van der Waals surface area contributed by atoms with Crippen molar-refractivity contribution in [2.24, 2.45) is 10.7 Å². The molecule has 2 aromatic carbocycles. The Hall–Kier alpha value is -2.09. The molecular weight excluding hydrogens is 427 g/mol. The highest BCUT2D eigenvalue weighted by atomic mass is 127. The number of aliphatic imine (C=N–C) groups is 1. The van der Waals surface area contributed by atoms with Crippen LogP contribution in [0.3, 0.4) is 0 Å². The van der Waals surface area contributed by atoms with Crippen LogP contribution in [0.5, 0.6) is 0 Å². The van der Waals surface area contributed by atoms with Crippen LogP contribution in [0.25, 0.3) is 0 Å². The van der Waals surface area contributed by atoms with Crippen LogP contribution >= 0.6 is 24.0 Å². The average molecular weight is 452 g/mol. The largest absolute Gasteiger partial charge is 0.366 e. The zero-order valence-electron chi connectivity index (χ0n) is 14.8. The highest BCUT2D eigenvalue weighted by molar-refractivity contribution is 14.0. The molecule has 0 fully saturated rings. The van der Waals surface area contributed by atoms with Gasteiger partial charge in [0.05, 0.1) is 0 Å². The van der Waals surface area contributed by atoms with E-state index >= 15 is 0 Å². The van der Waals surface area contributed by atoms with E-state index in [-0.39, 0.29) is 24.0 Å². The molecule has 0 spiro atoms. The SMILES string of the molecule is CN=C(NCc1cccc(C(N)=O)c1)N(C)Cc1ccccc1C.I. The number of rotatable bonds is 5. The summed E-state index contributed by atoms with van der Waals surface area (Å²) in [5, 5.41) is 3.32. The van der Waals surface area contributed by atoms with Gasteiger partial charge in [0.2, 0.25) is 5.91 Å². The summed E-state index contributed by atoms with van der Waals surface area (Å²) in [4.78, 5) is 17.7. The van der Waals surface area contributed by atoms with Crippen molar-refractivity contribution < 1.29 is 4.79 Å². The molecular formula is C19H25IN4O. The van der Waals surface area contributed by atoms with Gasteiger partial charge >= 0.3 is 0 Å². The Kier molecular flexibility index (Phi) is 8.40. The number of hydrogen-bond donors (Lipinski definition) is 2. The Labute approximate surface area is 166 Å². The van der Waals surface area contributed by atoms with E-state index in [9.17, 15) is 4.79 Å². The topological polar surface area (TPSA) is 70.7 Å². The molecule has 5 nitrogen and oxygen atoms in total. The number of guanidine groups is 1. The predicted octanol–water partition coefficient (Wildman–Crippen LogP) is 2.92. The van der Waals surface area contributed by atoms with Crippen molar-refractivity contribution in [2.75, 3.05) is 14.1 Å². The molecule has 0 saturated heterocycles. The fourth-order valence-corrected chi connectivity index (χ4v) is 2.52. The van der Waals surface area contributed by atoms with Crippen molar-refractivity contribution in [2.45, 2.75) is 20.0 Å². The summed E-state index contributed by atoms with van der Waals surface area (Å²) >= 11 is 0. The molecule has 6 heteroatoms. The van der Waals surface area contributed by atoms with Crippen molar-refractivity contribution in [1.29, 1.82) is 0 Å². The summed E-state index contributed by atoms with van der Waals surface area (Å²) in [6.07, 6.45) is 0. The fraction of sp³-hybridized carbons (Fsp3) is 0.263. The van der Waals surface area contributed by atoms with E-state index in [1.54, 1.807) is 19.2 Å². The number of aryl methyl sites for hydroxylation is 1. The number of carbonyl (C=O) groups excluding carboxylic acids is 1. The zero-order valence-corrected chi connectivity index (χ0v) is 17.2. The number of carbonyl (C=O) groups is 1. The number of nitrogens with two attached hydrogens (primary N) is 1. The van der Waals surface area contributed by atoms with Crippen molar-refractivity contribution in [3.8, 4) is 0 Å². The monoisotopic (exact) mass is 452 g/mol. The van der Waals surface area contributed by atoms with Crippen LogP contribution in [-0.4, -0.2) is 30.9 Å². The van der Waals surface area contributed by atoms with Gasteiger partial charge in [0, 0.05) is 32.7 Å². The lowest BCUT2D eigenvalue weighted by Gasteiger charge is -2.23. The average Bonchev–Trinajstić information content (AvgIpc) is 2.57. The van der Waals surface area contributed by atoms with Crippen molar-refractivity contribution in [1.82, 2.24) is 10.2 Å². The summed E-state index contributed by atoms with van der Waals surface area (Å²) in [7, 11) is 3.76. The molecule has 0 saturated carbocycles. The molecule has 0 atom stereocenters. The second-order valence-corrected chi connectivity index (χ2v) is 5.75. The number of amides is 1. The summed E-state index contributed by atoms with van der Waals surface area (Å²) in [5.74, 6) is 0.376. The van der Waals surface area contributed by atoms with Crippen LogP contribution in [-0.2, 0) is 13.1 Å². The molecule has 0 radical (unpaired) electrons. The van der Waals surface area contributed by atoms with Crippen LogP contribution in [0.15, 0.2) is 53.5 Å². The van der Waals surface area contributed by atoms with Crippen LogP contribution in [0.4, 0.5) is 0 Å². The van der Waals surface area contributed by atoms with Gasteiger partial charge in [-0.2, -0.15) is 0 Å². The standard InChI is InChI=1S/C19H24N4O.HI/c1-14-7-4-5-9-17(14)13-23(3)19(21-2)22-12-15-8-6-10-16(11-15)18(20)24;/h4-11H,12-13H2,1-3H3,(H2,20,24)(H,21,22);1H. The van der Waals surface area contributed by atoms with E-state index in [1.165, 1.54) is 11.1 Å². The minimum Gasteiger partial charge on any atom is -0.366 e. The highest BCUT2D eigenvalue weighted by Crippen LogP contribution is 2.10. The van der Waals surface area contributed by atoms with Gasteiger partial charge in [-0.15, -0.1) is 24.0 Å².